The van der Waals surface area contributed by atoms with E-state index in [9.17, 15) is 0 Å². The van der Waals surface area contributed by atoms with Crippen LogP contribution in [0.2, 0.25) is 0 Å². The molecule has 0 unspecified atom stereocenters. The fourth-order valence-electron chi connectivity index (χ4n) is 3.20. The topological polar surface area (TPSA) is 74.2 Å². The van der Waals surface area contributed by atoms with E-state index < -0.39 is 5.54 Å². The van der Waals surface area contributed by atoms with Gasteiger partial charge in [0.15, 0.2) is 5.82 Å². The van der Waals surface area contributed by atoms with E-state index in [1.165, 1.54) is 0 Å². The van der Waals surface area contributed by atoms with E-state index in [1.54, 1.807) is 0 Å². The van der Waals surface area contributed by atoms with Crippen LogP contribution in [-0.2, 0) is 12.1 Å². The molecule has 1 aliphatic carbocycles. The Morgan fingerprint density at radius 2 is 1.69 bits per heavy atom. The molecule has 2 N–H and O–H groups in total. The summed E-state index contributed by atoms with van der Waals surface area (Å²) in [5.41, 5.74) is 7.94. The van der Waals surface area contributed by atoms with Crippen molar-refractivity contribution in [1.82, 2.24) is 10.1 Å². The van der Waals surface area contributed by atoms with Crippen molar-refractivity contribution in [2.24, 2.45) is 5.73 Å². The van der Waals surface area contributed by atoms with Gasteiger partial charge in [-0.2, -0.15) is 4.98 Å². The fraction of sp³-hybridized carbons (Fsp3) is 0.300. The Kier molecular flexibility index (Phi) is 5.59. The van der Waals surface area contributed by atoms with Crippen LogP contribution in [0.15, 0.2) is 59.1 Å². The van der Waals surface area contributed by atoms with Crippen molar-refractivity contribution in [3.8, 4) is 17.2 Å². The zero-order chi connectivity index (χ0) is 17.1. The maximum atomic E-state index is 6.39. The first-order valence-corrected chi connectivity index (χ1v) is 8.63. The third kappa shape index (κ3) is 3.89. The Balaban J connectivity index is 0.00000196. The van der Waals surface area contributed by atoms with Crippen molar-refractivity contribution in [3.05, 3.63) is 66.0 Å². The molecule has 1 saturated carbocycles. The first-order valence-electron chi connectivity index (χ1n) is 8.63. The summed E-state index contributed by atoms with van der Waals surface area (Å²) in [6.45, 7) is 0.519. The van der Waals surface area contributed by atoms with E-state index in [4.69, 9.17) is 15.0 Å². The van der Waals surface area contributed by atoms with E-state index in [2.05, 4.69) is 10.1 Å². The van der Waals surface area contributed by atoms with Crippen molar-refractivity contribution in [1.29, 1.82) is 0 Å². The van der Waals surface area contributed by atoms with E-state index in [0.717, 1.165) is 42.6 Å². The maximum Gasteiger partial charge on any atom is 0.257 e. The molecule has 0 amide bonds. The van der Waals surface area contributed by atoms with Crippen LogP contribution >= 0.6 is 12.4 Å². The zero-order valence-electron chi connectivity index (χ0n) is 14.4. The molecule has 0 aliphatic heterocycles. The molecule has 2 aromatic carbocycles. The molecule has 3 aromatic rings. The average molecular weight is 372 g/mol. The molecule has 1 fully saturated rings. The molecule has 5 nitrogen and oxygen atoms in total. The van der Waals surface area contributed by atoms with E-state index >= 15 is 0 Å². The Bertz CT molecular complexity index is 828. The lowest BCUT2D eigenvalue weighted by Crippen LogP contribution is -2.34. The molecule has 0 spiro atoms. The molecular formula is C20H22ClN3O2. The lowest BCUT2D eigenvalue weighted by atomic mass is 9.99. The highest BCUT2D eigenvalue weighted by atomic mass is 35.5. The van der Waals surface area contributed by atoms with Crippen molar-refractivity contribution >= 4 is 12.4 Å². The molecule has 1 heterocycles. The van der Waals surface area contributed by atoms with Crippen molar-refractivity contribution in [2.45, 2.75) is 37.8 Å². The maximum absolute atomic E-state index is 6.39. The first kappa shape index (κ1) is 18.4. The minimum absolute atomic E-state index is 0. The molecule has 26 heavy (non-hydrogen) atoms. The lowest BCUT2D eigenvalue weighted by molar-refractivity contribution is 0.306. The highest BCUT2D eigenvalue weighted by Gasteiger charge is 2.36. The molecule has 0 bridgehead atoms. The summed E-state index contributed by atoms with van der Waals surface area (Å²) < 4.78 is 11.2. The van der Waals surface area contributed by atoms with Crippen LogP contribution in [0.3, 0.4) is 0 Å². The Morgan fingerprint density at radius 1 is 1.00 bits per heavy atom. The molecule has 136 valence electrons. The molecule has 6 heteroatoms. The van der Waals surface area contributed by atoms with Gasteiger partial charge in [-0.05, 0) is 42.7 Å². The SMILES string of the molecule is Cl.NC1(c2noc(-c3ccc(COc4ccccc4)cc3)n2)CCCC1. The van der Waals surface area contributed by atoms with Crippen LogP contribution < -0.4 is 10.5 Å². The summed E-state index contributed by atoms with van der Waals surface area (Å²) in [5, 5.41) is 4.11. The highest BCUT2D eigenvalue weighted by molar-refractivity contribution is 5.85. The largest absolute Gasteiger partial charge is 0.489 e. The summed E-state index contributed by atoms with van der Waals surface area (Å²) >= 11 is 0. The first-order chi connectivity index (χ1) is 12.2. The predicted octanol–water partition coefficient (Wildman–Crippen LogP) is 4.47. The zero-order valence-corrected chi connectivity index (χ0v) is 15.2. The summed E-state index contributed by atoms with van der Waals surface area (Å²) in [6.07, 6.45) is 4.08. The van der Waals surface area contributed by atoms with E-state index in [-0.39, 0.29) is 12.4 Å². The van der Waals surface area contributed by atoms with Crippen molar-refractivity contribution in [2.75, 3.05) is 0 Å². The lowest BCUT2D eigenvalue weighted by Gasteiger charge is -2.17. The minimum atomic E-state index is -0.425. The average Bonchev–Trinajstić information content (AvgIpc) is 3.32. The van der Waals surface area contributed by atoms with Gasteiger partial charge in [-0.15, -0.1) is 12.4 Å². The van der Waals surface area contributed by atoms with E-state index in [0.29, 0.717) is 18.3 Å². The number of para-hydroxylation sites is 1. The molecule has 0 saturated heterocycles. The molecule has 1 aromatic heterocycles. The number of rotatable bonds is 5. The van der Waals surface area contributed by atoms with Crippen LogP contribution in [0.25, 0.3) is 11.5 Å². The van der Waals surface area contributed by atoms with Gasteiger partial charge in [0.2, 0.25) is 0 Å². The third-order valence-corrected chi connectivity index (χ3v) is 4.72. The van der Waals surface area contributed by atoms with Crippen molar-refractivity contribution in [3.63, 3.8) is 0 Å². The molecule has 0 atom stereocenters. The predicted molar refractivity (Wildman–Crippen MR) is 102 cm³/mol. The number of nitrogens with zero attached hydrogens (tertiary/aromatic N) is 2. The van der Waals surface area contributed by atoms with Crippen LogP contribution in [0.1, 0.15) is 37.1 Å². The van der Waals surface area contributed by atoms with Gasteiger partial charge in [0.1, 0.15) is 12.4 Å². The van der Waals surface area contributed by atoms with Crippen LogP contribution in [0, 0.1) is 0 Å². The van der Waals surface area contributed by atoms with Gasteiger partial charge in [0, 0.05) is 5.56 Å². The Hall–Kier alpha value is -2.37. The van der Waals surface area contributed by atoms with Gasteiger partial charge in [-0.25, -0.2) is 0 Å². The Morgan fingerprint density at radius 3 is 2.38 bits per heavy atom. The fourth-order valence-corrected chi connectivity index (χ4v) is 3.20. The summed E-state index contributed by atoms with van der Waals surface area (Å²) in [5.74, 6) is 2.00. The second kappa shape index (κ2) is 7.89. The van der Waals surface area contributed by atoms with Gasteiger partial charge in [-0.3, -0.25) is 0 Å². The van der Waals surface area contributed by atoms with Gasteiger partial charge in [0.25, 0.3) is 5.89 Å². The van der Waals surface area contributed by atoms with Gasteiger partial charge in [0.05, 0.1) is 5.54 Å². The smallest absolute Gasteiger partial charge is 0.257 e. The summed E-state index contributed by atoms with van der Waals surface area (Å²) in [6, 6.07) is 17.7. The summed E-state index contributed by atoms with van der Waals surface area (Å²) in [7, 11) is 0. The van der Waals surface area contributed by atoms with Crippen LogP contribution in [0.5, 0.6) is 5.75 Å². The Labute approximate surface area is 159 Å². The normalized spacial score (nSPS) is 15.4. The minimum Gasteiger partial charge on any atom is -0.489 e. The monoisotopic (exact) mass is 371 g/mol. The van der Waals surface area contributed by atoms with Crippen LogP contribution in [-0.4, -0.2) is 10.1 Å². The molecule has 0 radical (unpaired) electrons. The number of ether oxygens (including phenoxy) is 1. The second-order valence-corrected chi connectivity index (χ2v) is 6.59. The summed E-state index contributed by atoms with van der Waals surface area (Å²) in [4.78, 5) is 4.52. The highest BCUT2D eigenvalue weighted by Crippen LogP contribution is 2.35. The number of hydrogen-bond acceptors (Lipinski definition) is 5. The number of nitrogens with two attached hydrogens (primary N) is 1. The van der Waals surface area contributed by atoms with Gasteiger partial charge in [-0.1, -0.05) is 48.3 Å². The third-order valence-electron chi connectivity index (χ3n) is 4.72. The number of halogens is 1. The second-order valence-electron chi connectivity index (χ2n) is 6.59. The number of benzene rings is 2. The molecular weight excluding hydrogens is 350 g/mol. The molecule has 1 aliphatic rings. The van der Waals surface area contributed by atoms with Gasteiger partial charge >= 0.3 is 0 Å². The quantitative estimate of drug-likeness (QED) is 0.716. The van der Waals surface area contributed by atoms with Crippen LogP contribution in [0.4, 0.5) is 0 Å². The number of hydrogen-bond donors (Lipinski definition) is 1. The van der Waals surface area contributed by atoms with E-state index in [1.807, 2.05) is 54.6 Å². The standard InChI is InChI=1S/C20H21N3O2.ClH/c21-20(12-4-5-13-20)19-22-18(25-23-19)16-10-8-15(9-11-16)14-24-17-6-2-1-3-7-17;/h1-3,6-11H,4-5,12-14,21H2;1H. The van der Waals surface area contributed by atoms with Gasteiger partial charge < -0.3 is 15.0 Å². The molecule has 4 rings (SSSR count). The van der Waals surface area contributed by atoms with Crippen molar-refractivity contribution < 1.29 is 9.26 Å². The number of aromatic nitrogens is 2.